The average molecular weight is 765 g/mol. The van der Waals surface area contributed by atoms with Crippen LogP contribution in [0.3, 0.4) is 0 Å². The third-order valence-corrected chi connectivity index (χ3v) is 11.0. The maximum Gasteiger partial charge on any atom is 0.294 e. The van der Waals surface area contributed by atoms with Gasteiger partial charge in [0.25, 0.3) is 30.4 Å². The first-order valence-electron chi connectivity index (χ1n) is 16.0. The molecule has 0 bridgehead atoms. The summed E-state index contributed by atoms with van der Waals surface area (Å²) in [6.07, 6.45) is 6.09. The summed E-state index contributed by atoms with van der Waals surface area (Å²) in [4.78, 5) is 0.695. The molecule has 0 amide bonds. The first-order chi connectivity index (χ1) is 24.5. The normalized spacial score (nSPS) is 14.0. The number of benzene rings is 4. The van der Waals surface area contributed by atoms with Crippen LogP contribution in [-0.4, -0.2) is 62.3 Å². The van der Waals surface area contributed by atoms with Crippen LogP contribution >= 0.6 is 0 Å². The van der Waals surface area contributed by atoms with Crippen LogP contribution in [-0.2, 0) is 36.9 Å². The molecular weight excluding hydrogens is 729 g/mol. The summed E-state index contributed by atoms with van der Waals surface area (Å²) in [7, 11) is -13.3. The predicted molar refractivity (Wildman–Crippen MR) is 195 cm³/mol. The molecule has 4 aromatic carbocycles. The van der Waals surface area contributed by atoms with Crippen molar-refractivity contribution in [3.05, 3.63) is 149 Å². The second-order valence-electron chi connectivity index (χ2n) is 11.8. The molecule has 52 heavy (non-hydrogen) atoms. The molecule has 1 aliphatic carbocycles. The molecule has 12 nitrogen and oxygen atoms in total. The first-order valence-corrected chi connectivity index (χ1v) is 20.3. The standard InChI is InChI=1S/C37H36N2O10S3/c1-3-38(25-26-7-5-9-34(23-26)51(44,45)46)31-17-11-27(12-18-31)36(29-15-21-33(22-16-29)50(41,42)43)28-13-19-32(20-14-28)39(4-2)37(40)30-8-6-10-35(24-30)52(47,48)49/h5-24,37H,3-4,25H2,1-2H3,(H,41,42,43)(H,44,45,46)(H,47,48,49). The maximum atomic E-state index is 13.5. The van der Waals surface area contributed by atoms with E-state index >= 15 is 0 Å². The van der Waals surface area contributed by atoms with Crippen molar-refractivity contribution in [1.82, 2.24) is 0 Å². The lowest BCUT2D eigenvalue weighted by Gasteiger charge is -2.38. The van der Waals surface area contributed by atoms with Crippen molar-refractivity contribution in [1.29, 1.82) is 0 Å². The van der Waals surface area contributed by atoms with Crippen molar-refractivity contribution in [3.8, 4) is 0 Å². The molecule has 0 heterocycles. The monoisotopic (exact) mass is 764 g/mol. The Labute approximate surface area is 303 Å². The zero-order valence-corrected chi connectivity index (χ0v) is 30.5. The molecule has 0 saturated heterocycles. The minimum atomic E-state index is -4.50. The number of hydrogen-bond donors (Lipinski definition) is 3. The molecule has 1 aliphatic rings. The van der Waals surface area contributed by atoms with Gasteiger partial charge in [-0.05, 0) is 109 Å². The van der Waals surface area contributed by atoms with Crippen LogP contribution in [0.15, 0.2) is 142 Å². The number of rotatable bonds is 12. The van der Waals surface area contributed by atoms with Crippen LogP contribution in [0.1, 0.15) is 42.3 Å². The molecule has 1 unspecified atom stereocenters. The van der Waals surface area contributed by atoms with Crippen molar-refractivity contribution in [2.24, 2.45) is 0 Å². The molecular formula is C37H36N2O10S3. The number of anilines is 1. The van der Waals surface area contributed by atoms with E-state index < -0.39 is 36.6 Å². The van der Waals surface area contributed by atoms with Gasteiger partial charge in [0.1, 0.15) is 6.54 Å². The third kappa shape index (κ3) is 9.00. The van der Waals surface area contributed by atoms with Gasteiger partial charge in [-0.25, -0.2) is 4.58 Å². The number of hydrogen-bond acceptors (Lipinski definition) is 8. The van der Waals surface area contributed by atoms with Crippen molar-refractivity contribution in [2.45, 2.75) is 41.3 Å². The minimum Gasteiger partial charge on any atom is -0.833 e. The van der Waals surface area contributed by atoms with Gasteiger partial charge < -0.3 is 10.0 Å². The number of nitrogens with zero attached hydrogens (tertiary/aromatic N) is 2. The molecule has 5 rings (SSSR count). The molecule has 0 aliphatic heterocycles. The van der Waals surface area contributed by atoms with Crippen LogP contribution in [0.4, 0.5) is 5.69 Å². The van der Waals surface area contributed by atoms with Crippen molar-refractivity contribution < 1.29 is 48.6 Å². The highest BCUT2D eigenvalue weighted by Gasteiger charge is 2.19. The van der Waals surface area contributed by atoms with Gasteiger partial charge in [-0.1, -0.05) is 48.5 Å². The van der Waals surface area contributed by atoms with Crippen LogP contribution in [0.5, 0.6) is 0 Å². The van der Waals surface area contributed by atoms with E-state index in [0.717, 1.165) is 22.9 Å². The maximum absolute atomic E-state index is 13.5. The Kier molecular flexibility index (Phi) is 11.5. The smallest absolute Gasteiger partial charge is 0.294 e. The van der Waals surface area contributed by atoms with Gasteiger partial charge in [-0.3, -0.25) is 13.7 Å². The van der Waals surface area contributed by atoms with E-state index in [-0.39, 0.29) is 26.8 Å². The molecule has 1 atom stereocenters. The Hall–Kier alpha value is -4.74. The zero-order valence-electron chi connectivity index (χ0n) is 28.1. The van der Waals surface area contributed by atoms with Crippen LogP contribution < -0.4 is 10.0 Å². The summed E-state index contributed by atoms with van der Waals surface area (Å²) in [5.41, 5.74) is 5.05. The van der Waals surface area contributed by atoms with Gasteiger partial charge in [-0.15, -0.1) is 0 Å². The lowest BCUT2D eigenvalue weighted by Crippen LogP contribution is -2.37. The van der Waals surface area contributed by atoms with Gasteiger partial charge in [0.2, 0.25) is 0 Å². The Balaban J connectivity index is 1.53. The molecule has 15 heteroatoms. The fourth-order valence-electron chi connectivity index (χ4n) is 5.85. The molecule has 272 valence electrons. The van der Waals surface area contributed by atoms with Crippen LogP contribution in [0.25, 0.3) is 5.57 Å². The van der Waals surface area contributed by atoms with E-state index in [1.54, 1.807) is 55.5 Å². The van der Waals surface area contributed by atoms with E-state index in [4.69, 9.17) is 0 Å². The highest BCUT2D eigenvalue weighted by atomic mass is 32.2. The van der Waals surface area contributed by atoms with Gasteiger partial charge >= 0.3 is 0 Å². The predicted octanol–water partition coefficient (Wildman–Crippen LogP) is 4.91. The van der Waals surface area contributed by atoms with Gasteiger partial charge in [0.15, 0.2) is 12.3 Å². The molecule has 3 N–H and O–H groups in total. The Morgan fingerprint density at radius 3 is 1.71 bits per heavy atom. The van der Waals surface area contributed by atoms with E-state index in [1.165, 1.54) is 47.4 Å². The van der Waals surface area contributed by atoms with E-state index in [2.05, 4.69) is 0 Å². The van der Waals surface area contributed by atoms with E-state index in [1.807, 2.05) is 35.8 Å². The summed E-state index contributed by atoms with van der Waals surface area (Å²) in [6.45, 7) is 4.97. The lowest BCUT2D eigenvalue weighted by molar-refractivity contribution is -0.539. The second kappa shape index (κ2) is 15.5. The highest BCUT2D eigenvalue weighted by Crippen LogP contribution is 2.33. The van der Waals surface area contributed by atoms with Gasteiger partial charge in [0, 0.05) is 29.9 Å². The van der Waals surface area contributed by atoms with Crippen LogP contribution in [0.2, 0.25) is 0 Å². The fraction of sp³-hybridized carbons (Fsp3) is 0.162. The first kappa shape index (κ1) is 38.5. The quantitative estimate of drug-likeness (QED) is 0.101. The van der Waals surface area contributed by atoms with E-state index in [0.29, 0.717) is 35.5 Å². The minimum absolute atomic E-state index is 0.152. The third-order valence-electron chi connectivity index (χ3n) is 8.47. The summed E-state index contributed by atoms with van der Waals surface area (Å²) >= 11 is 0. The van der Waals surface area contributed by atoms with E-state index in [9.17, 15) is 44.0 Å². The SMILES string of the molecule is CCN(c1ccc(C(=C2C=CC(=[N+](CC)Cc3cccc(S(=O)(=O)O)c3)C=C2)c2ccc(S(=O)(=O)O)cc2)cc1)C([O-])c1cccc(S(=O)(=O)O)c1. The number of allylic oxidation sites excluding steroid dienone is 5. The topological polar surface area (TPSA) is 192 Å². The molecule has 0 aromatic heterocycles. The summed E-state index contributed by atoms with van der Waals surface area (Å²) in [5, 5.41) is 13.5. The molecule has 4 aromatic rings. The summed E-state index contributed by atoms with van der Waals surface area (Å²) < 4.78 is 101. The van der Waals surface area contributed by atoms with Gasteiger partial charge in [-0.2, -0.15) is 25.3 Å². The Bertz CT molecular complexity index is 2420. The molecule has 0 spiro atoms. The highest BCUT2D eigenvalue weighted by molar-refractivity contribution is 7.86. The Morgan fingerprint density at radius 2 is 1.19 bits per heavy atom. The fourth-order valence-corrected chi connectivity index (χ4v) is 7.42. The lowest BCUT2D eigenvalue weighted by atomic mass is 9.90. The summed E-state index contributed by atoms with van der Waals surface area (Å²) in [5.74, 6) is 0. The summed E-state index contributed by atoms with van der Waals surface area (Å²) in [6, 6.07) is 24.2. The van der Waals surface area contributed by atoms with Crippen molar-refractivity contribution in [3.63, 3.8) is 0 Å². The molecule has 0 saturated carbocycles. The average Bonchev–Trinajstić information content (AvgIpc) is 3.11. The zero-order chi connectivity index (χ0) is 37.8. The Morgan fingerprint density at radius 1 is 0.673 bits per heavy atom. The van der Waals surface area contributed by atoms with Crippen molar-refractivity contribution in [2.75, 3.05) is 18.0 Å². The van der Waals surface area contributed by atoms with Crippen LogP contribution in [0, 0.1) is 0 Å². The van der Waals surface area contributed by atoms with Gasteiger partial charge in [0.05, 0.1) is 14.7 Å². The molecule has 0 radical (unpaired) electrons. The van der Waals surface area contributed by atoms with Crippen molar-refractivity contribution >= 4 is 47.3 Å². The second-order valence-corrected chi connectivity index (χ2v) is 16.1. The largest absolute Gasteiger partial charge is 0.833 e. The molecule has 0 fully saturated rings.